The molecule has 5 aromatic heterocycles. The minimum absolute atomic E-state index is 0.0189. The van der Waals surface area contributed by atoms with Crippen molar-refractivity contribution < 1.29 is 51.7 Å². The molecule has 3 unspecified atom stereocenters. The van der Waals surface area contributed by atoms with E-state index in [1.54, 1.807) is 79.9 Å². The number of halogens is 3. The van der Waals surface area contributed by atoms with Crippen molar-refractivity contribution in [2.45, 2.75) is 76.9 Å². The monoisotopic (exact) mass is 1300 g/mol. The maximum absolute atomic E-state index is 14.4. The fraction of sp³-hybridized carbons (Fsp3) is 0.156. The van der Waals surface area contributed by atoms with Crippen LogP contribution in [0.5, 0.6) is 0 Å². The molecule has 0 aliphatic rings. The summed E-state index contributed by atoms with van der Waals surface area (Å²) in [4.78, 5) is 63.4. The van der Waals surface area contributed by atoms with Crippen LogP contribution < -0.4 is 16.0 Å². The highest BCUT2D eigenvalue weighted by Gasteiger charge is 2.26. The van der Waals surface area contributed by atoms with Gasteiger partial charge in [0.05, 0.1) is 52.8 Å². The Bertz CT molecular complexity index is 4580. The van der Waals surface area contributed by atoms with E-state index in [2.05, 4.69) is 35.9 Å². The standard InChI is InChI=1S/C26H24FN3O3.C26H22FN3O2.C25H22FN3O3/c1-2-18-12-13-19(33-18)15-23(26(31)32)30-25-22(14-17-8-4-3-5-9-17)29-24(16-28-25)20-10-6-7-11-21(20)27;27-21-14-8-7-13-20(21)16-23(26(31)32)30-25-22(15-18-9-3-1-4-10-18)29-24(17-28-25)19-11-5-2-6-12-19;1-16-10-11-20(32-16)14-22(25(30)31)29-24-21(12-17-6-3-2-4-7-17)28-23(15-27-24)18-8-5-9-19(26)13-18/h3-13,16,23H,2,14-15H2,1H3,(H,28,30)(H,31,32);1-14,17,23H,15-16H2,(H,28,30)(H,31,32);2-11,13,15,22H,12,14H2,1H3,(H,27,29)(H,30,31). The van der Waals surface area contributed by atoms with Crippen molar-refractivity contribution >= 4 is 35.4 Å². The zero-order chi connectivity index (χ0) is 68.0. The number of aliphatic carboxylic acids is 3. The van der Waals surface area contributed by atoms with Gasteiger partial charge in [-0.05, 0) is 83.8 Å². The Morgan fingerprint density at radius 3 is 1.28 bits per heavy atom. The molecular formula is C77H68F3N9O8. The van der Waals surface area contributed by atoms with E-state index in [-0.39, 0.29) is 25.1 Å². The molecular weight excluding hydrogens is 1240 g/mol. The minimum atomic E-state index is -1.09. The molecule has 0 fully saturated rings. The van der Waals surface area contributed by atoms with E-state index in [0.29, 0.717) is 105 Å². The van der Waals surface area contributed by atoms with Crippen molar-refractivity contribution in [2.75, 3.05) is 16.0 Å². The first-order valence-corrected chi connectivity index (χ1v) is 31.2. The van der Waals surface area contributed by atoms with Crippen molar-refractivity contribution in [2.24, 2.45) is 0 Å². The predicted octanol–water partition coefficient (Wildman–Crippen LogP) is 15.0. The Balaban J connectivity index is 0.000000158. The number of anilines is 3. The molecule has 0 aliphatic carbocycles. The van der Waals surface area contributed by atoms with E-state index in [1.165, 1.54) is 36.7 Å². The van der Waals surface area contributed by atoms with Gasteiger partial charge >= 0.3 is 17.9 Å². The molecule has 0 radical (unpaired) electrons. The molecule has 6 N–H and O–H groups in total. The molecule has 5 heterocycles. The van der Waals surface area contributed by atoms with Crippen LogP contribution in [0.1, 0.15) is 69.3 Å². The van der Waals surface area contributed by atoms with Crippen LogP contribution in [-0.4, -0.2) is 81.3 Å². The topological polar surface area (TPSA) is 252 Å². The van der Waals surface area contributed by atoms with E-state index in [0.717, 1.165) is 34.4 Å². The molecule has 3 atom stereocenters. The Hall–Kier alpha value is -12.1. The van der Waals surface area contributed by atoms with Gasteiger partial charge in [-0.3, -0.25) is 0 Å². The maximum atomic E-state index is 14.4. The molecule has 7 aromatic carbocycles. The summed E-state index contributed by atoms with van der Waals surface area (Å²) in [6.07, 6.45) is 6.92. The second-order valence-electron chi connectivity index (χ2n) is 22.5. The van der Waals surface area contributed by atoms with Gasteiger partial charge in [0.15, 0.2) is 0 Å². The lowest BCUT2D eigenvalue weighted by atomic mass is 10.0. The van der Waals surface area contributed by atoms with Crippen LogP contribution in [0.3, 0.4) is 0 Å². The maximum Gasteiger partial charge on any atom is 0.326 e. The molecule has 0 spiro atoms. The Morgan fingerprint density at radius 1 is 0.423 bits per heavy atom. The molecule has 0 saturated carbocycles. The Labute approximate surface area is 557 Å². The number of aromatic nitrogens is 6. The summed E-state index contributed by atoms with van der Waals surface area (Å²) in [6, 6.07) is 61.6. The molecule has 20 heteroatoms. The highest BCUT2D eigenvalue weighted by Crippen LogP contribution is 2.28. The normalized spacial score (nSPS) is 11.8. The molecule has 12 aromatic rings. The van der Waals surface area contributed by atoms with Crippen LogP contribution in [0.4, 0.5) is 30.6 Å². The summed E-state index contributed by atoms with van der Waals surface area (Å²) in [7, 11) is 0. The number of rotatable bonds is 25. The zero-order valence-electron chi connectivity index (χ0n) is 52.9. The van der Waals surface area contributed by atoms with Crippen molar-refractivity contribution in [1.29, 1.82) is 0 Å². The first-order valence-electron chi connectivity index (χ1n) is 31.2. The lowest BCUT2D eigenvalue weighted by Crippen LogP contribution is -2.33. The van der Waals surface area contributed by atoms with Gasteiger partial charge < -0.3 is 40.1 Å². The molecule has 0 aliphatic heterocycles. The van der Waals surface area contributed by atoms with Gasteiger partial charge in [0, 0.05) is 61.6 Å². The van der Waals surface area contributed by atoms with Crippen molar-refractivity contribution in [1.82, 2.24) is 29.9 Å². The second-order valence-corrected chi connectivity index (χ2v) is 22.5. The van der Waals surface area contributed by atoms with Crippen LogP contribution in [0.2, 0.25) is 0 Å². The molecule has 0 saturated heterocycles. The first kappa shape index (κ1) is 67.8. The number of benzene rings is 7. The minimum Gasteiger partial charge on any atom is -0.480 e. The number of nitrogens with one attached hydrogen (secondary N) is 3. The van der Waals surface area contributed by atoms with Crippen LogP contribution in [0.15, 0.2) is 246 Å². The summed E-state index contributed by atoms with van der Waals surface area (Å²) in [5.41, 5.74) is 8.49. The SMILES string of the molecule is CCc1ccc(CC(Nc2ncc(-c3ccccc3F)nc2Cc2ccccc2)C(=O)O)o1.Cc1ccc(CC(Nc2ncc(-c3cccc(F)c3)nc2Cc2ccccc2)C(=O)O)o1.O=C(O)C(Cc1ccccc1F)Nc1ncc(-c2ccccc2)nc1Cc1ccccc1. The zero-order valence-corrected chi connectivity index (χ0v) is 52.9. The van der Waals surface area contributed by atoms with Gasteiger partial charge in [0.25, 0.3) is 0 Å². The van der Waals surface area contributed by atoms with Crippen LogP contribution in [0, 0.1) is 24.4 Å². The van der Waals surface area contributed by atoms with Gasteiger partial charge in [0.2, 0.25) is 0 Å². The van der Waals surface area contributed by atoms with Gasteiger partial charge in [-0.15, -0.1) is 0 Å². The fourth-order valence-corrected chi connectivity index (χ4v) is 10.4. The average Bonchev–Trinajstić information content (AvgIpc) is 1.13. The molecule has 490 valence electrons. The fourth-order valence-electron chi connectivity index (χ4n) is 10.4. The highest BCUT2D eigenvalue weighted by molar-refractivity contribution is 5.79. The number of hydrogen-bond acceptors (Lipinski definition) is 14. The van der Waals surface area contributed by atoms with Crippen LogP contribution in [0.25, 0.3) is 33.8 Å². The average molecular weight is 1300 g/mol. The number of aryl methyl sites for hydroxylation is 2. The van der Waals surface area contributed by atoms with Crippen molar-refractivity contribution in [3.05, 3.63) is 317 Å². The van der Waals surface area contributed by atoms with Gasteiger partial charge in [-0.1, -0.05) is 171 Å². The van der Waals surface area contributed by atoms with Gasteiger partial charge in [-0.25, -0.2) is 57.5 Å². The number of carboxylic acids is 3. The highest BCUT2D eigenvalue weighted by atomic mass is 19.1. The molecule has 17 nitrogen and oxygen atoms in total. The smallest absolute Gasteiger partial charge is 0.326 e. The Kier molecular flexibility index (Phi) is 23.2. The van der Waals surface area contributed by atoms with Crippen molar-refractivity contribution in [3.63, 3.8) is 0 Å². The molecule has 97 heavy (non-hydrogen) atoms. The predicted molar refractivity (Wildman–Crippen MR) is 364 cm³/mol. The summed E-state index contributed by atoms with van der Waals surface area (Å²) < 4.78 is 53.4. The largest absolute Gasteiger partial charge is 0.480 e. The number of carbonyl (C=O) groups is 3. The van der Waals surface area contributed by atoms with E-state index >= 15 is 0 Å². The van der Waals surface area contributed by atoms with E-state index in [9.17, 15) is 42.9 Å². The summed E-state index contributed by atoms with van der Waals surface area (Å²) >= 11 is 0. The third kappa shape index (κ3) is 19.3. The molecule has 0 bridgehead atoms. The summed E-state index contributed by atoms with van der Waals surface area (Å²) in [5, 5.41) is 38.3. The van der Waals surface area contributed by atoms with Crippen molar-refractivity contribution in [3.8, 4) is 33.8 Å². The second kappa shape index (κ2) is 33.2. The summed E-state index contributed by atoms with van der Waals surface area (Å²) in [6.45, 7) is 3.78. The van der Waals surface area contributed by atoms with E-state index in [4.69, 9.17) is 18.8 Å². The third-order valence-corrected chi connectivity index (χ3v) is 15.4. The summed E-state index contributed by atoms with van der Waals surface area (Å²) in [5.74, 6) is -0.610. The van der Waals surface area contributed by atoms with Gasteiger partial charge in [0.1, 0.15) is 76.1 Å². The Morgan fingerprint density at radius 2 is 0.825 bits per heavy atom. The van der Waals surface area contributed by atoms with E-state index < -0.39 is 47.7 Å². The quantitative estimate of drug-likeness (QED) is 0.0311. The van der Waals surface area contributed by atoms with Gasteiger partial charge in [-0.2, -0.15) is 0 Å². The molecule has 0 amide bonds. The lowest BCUT2D eigenvalue weighted by molar-refractivity contribution is -0.138. The van der Waals surface area contributed by atoms with Crippen LogP contribution in [-0.2, 0) is 59.3 Å². The number of carboxylic acid groups (broad SMARTS) is 3. The van der Waals surface area contributed by atoms with E-state index in [1.807, 2.05) is 134 Å². The first-order chi connectivity index (χ1) is 47.1. The third-order valence-electron chi connectivity index (χ3n) is 15.4. The molecule has 12 rings (SSSR count). The number of hydrogen-bond donors (Lipinski definition) is 6. The van der Waals surface area contributed by atoms with Crippen LogP contribution >= 0.6 is 0 Å². The lowest BCUT2D eigenvalue weighted by Gasteiger charge is -2.18. The number of nitrogens with zero attached hydrogens (tertiary/aromatic N) is 6. The number of furan rings is 2.